The van der Waals surface area contributed by atoms with Gasteiger partial charge in [-0.2, -0.15) is 0 Å². The Kier molecular flexibility index (Phi) is 6.41. The van der Waals surface area contributed by atoms with Gasteiger partial charge in [-0.25, -0.2) is 0 Å². The van der Waals surface area contributed by atoms with E-state index in [-0.39, 0.29) is 4.87 Å². The molecule has 0 aromatic carbocycles. The largest absolute Gasteiger partial charge is 0.307 e. The molecule has 0 bridgehead atoms. The minimum atomic E-state index is 0.181. The highest BCUT2D eigenvalue weighted by Crippen LogP contribution is 2.07. The van der Waals surface area contributed by atoms with Crippen LogP contribution in [0.15, 0.2) is 16.4 Å². The summed E-state index contributed by atoms with van der Waals surface area (Å²) in [7, 11) is 0. The average Bonchev–Trinajstić information content (AvgIpc) is 2.63. The zero-order valence-corrected chi connectivity index (χ0v) is 10.4. The SMILES string of the molecule is CCCCCCCCCn1ccsc1=O. The Balaban J connectivity index is 1.98. The van der Waals surface area contributed by atoms with Crippen LogP contribution in [0, 0.1) is 0 Å². The first-order chi connectivity index (χ1) is 7.34. The van der Waals surface area contributed by atoms with Crippen LogP contribution in [-0.4, -0.2) is 4.57 Å². The maximum absolute atomic E-state index is 11.2. The molecule has 0 radical (unpaired) electrons. The molecule has 0 amide bonds. The Morgan fingerprint density at radius 2 is 1.80 bits per heavy atom. The molecule has 1 rings (SSSR count). The minimum absolute atomic E-state index is 0.181. The van der Waals surface area contributed by atoms with E-state index in [2.05, 4.69) is 6.92 Å². The third-order valence-corrected chi connectivity index (χ3v) is 3.34. The van der Waals surface area contributed by atoms with Crippen LogP contribution in [-0.2, 0) is 6.54 Å². The van der Waals surface area contributed by atoms with E-state index in [9.17, 15) is 4.79 Å². The van der Waals surface area contributed by atoms with Crippen molar-refractivity contribution in [2.45, 2.75) is 58.4 Å². The Hall–Kier alpha value is -0.570. The number of hydrogen-bond donors (Lipinski definition) is 0. The summed E-state index contributed by atoms with van der Waals surface area (Å²) < 4.78 is 1.82. The van der Waals surface area contributed by atoms with Crippen LogP contribution >= 0.6 is 11.3 Å². The number of aryl methyl sites for hydroxylation is 1. The lowest BCUT2D eigenvalue weighted by molar-refractivity contribution is 0.547. The Labute approximate surface area is 95.9 Å². The van der Waals surface area contributed by atoms with Gasteiger partial charge in [-0.1, -0.05) is 56.8 Å². The van der Waals surface area contributed by atoms with Gasteiger partial charge in [0.25, 0.3) is 0 Å². The summed E-state index contributed by atoms with van der Waals surface area (Å²) in [4.78, 5) is 11.4. The first kappa shape index (κ1) is 12.5. The van der Waals surface area contributed by atoms with Crippen LogP contribution in [0.3, 0.4) is 0 Å². The highest BCUT2D eigenvalue weighted by molar-refractivity contribution is 7.07. The van der Waals surface area contributed by atoms with Gasteiger partial charge in [0, 0.05) is 18.1 Å². The molecule has 1 aromatic rings. The maximum atomic E-state index is 11.2. The van der Waals surface area contributed by atoms with Crippen LogP contribution in [0.5, 0.6) is 0 Å². The molecule has 0 fully saturated rings. The molecule has 1 heterocycles. The van der Waals surface area contributed by atoms with Gasteiger partial charge in [-0.3, -0.25) is 4.79 Å². The Morgan fingerprint density at radius 1 is 1.13 bits per heavy atom. The zero-order valence-electron chi connectivity index (χ0n) is 9.58. The van der Waals surface area contributed by atoms with Gasteiger partial charge in [0.05, 0.1) is 0 Å². The molecule has 3 heteroatoms. The minimum Gasteiger partial charge on any atom is -0.306 e. The molecule has 0 aliphatic heterocycles. The quantitative estimate of drug-likeness (QED) is 0.621. The first-order valence-corrected chi connectivity index (χ1v) is 6.86. The number of nitrogens with zero attached hydrogens (tertiary/aromatic N) is 1. The van der Waals surface area contributed by atoms with E-state index >= 15 is 0 Å². The standard InChI is InChI=1S/C12H21NOS/c1-2-3-4-5-6-7-8-9-13-10-11-15-12(13)14/h10-11H,2-9H2,1H3. The Bertz CT molecular complexity index is 303. The van der Waals surface area contributed by atoms with E-state index in [1.807, 2.05) is 16.1 Å². The summed E-state index contributed by atoms with van der Waals surface area (Å²) in [5, 5.41) is 1.86. The van der Waals surface area contributed by atoms with Gasteiger partial charge in [-0.15, -0.1) is 0 Å². The molecule has 15 heavy (non-hydrogen) atoms. The highest BCUT2D eigenvalue weighted by atomic mass is 32.1. The number of rotatable bonds is 8. The van der Waals surface area contributed by atoms with Crippen LogP contribution in [0.2, 0.25) is 0 Å². The lowest BCUT2D eigenvalue weighted by Gasteiger charge is -2.01. The van der Waals surface area contributed by atoms with E-state index in [0.717, 1.165) is 13.0 Å². The lowest BCUT2D eigenvalue weighted by atomic mass is 10.1. The fourth-order valence-electron chi connectivity index (χ4n) is 1.70. The summed E-state index contributed by atoms with van der Waals surface area (Å²) in [6, 6.07) is 0. The maximum Gasteiger partial charge on any atom is 0.307 e. The fraction of sp³-hybridized carbons (Fsp3) is 0.750. The summed E-state index contributed by atoms with van der Waals surface area (Å²) in [6.07, 6.45) is 11.0. The topological polar surface area (TPSA) is 22.0 Å². The molecular formula is C12H21NOS. The summed E-state index contributed by atoms with van der Waals surface area (Å²) in [6.45, 7) is 3.14. The number of unbranched alkanes of at least 4 members (excludes halogenated alkanes) is 6. The zero-order chi connectivity index (χ0) is 10.9. The molecule has 0 aliphatic rings. The van der Waals surface area contributed by atoms with E-state index in [0.29, 0.717) is 0 Å². The molecule has 0 unspecified atom stereocenters. The number of thiazole rings is 1. The average molecular weight is 227 g/mol. The molecule has 1 aromatic heterocycles. The second-order valence-corrected chi connectivity index (χ2v) is 4.84. The van der Waals surface area contributed by atoms with Crippen molar-refractivity contribution in [3.05, 3.63) is 21.2 Å². The van der Waals surface area contributed by atoms with Crippen molar-refractivity contribution >= 4 is 11.3 Å². The third-order valence-electron chi connectivity index (χ3n) is 2.65. The van der Waals surface area contributed by atoms with Gasteiger partial charge in [0.2, 0.25) is 0 Å². The van der Waals surface area contributed by atoms with Crippen molar-refractivity contribution < 1.29 is 0 Å². The van der Waals surface area contributed by atoms with E-state index in [4.69, 9.17) is 0 Å². The number of aromatic nitrogens is 1. The monoisotopic (exact) mass is 227 g/mol. The van der Waals surface area contributed by atoms with E-state index in [1.54, 1.807) is 0 Å². The summed E-state index contributed by atoms with van der Waals surface area (Å²) in [5.74, 6) is 0. The van der Waals surface area contributed by atoms with Crippen molar-refractivity contribution in [1.82, 2.24) is 4.57 Å². The normalized spacial score (nSPS) is 10.7. The predicted octanol–water partition coefficient (Wildman–Crippen LogP) is 3.66. The fourth-order valence-corrected chi connectivity index (χ4v) is 2.31. The van der Waals surface area contributed by atoms with Crippen molar-refractivity contribution in [2.24, 2.45) is 0 Å². The second-order valence-electron chi connectivity index (χ2n) is 3.98. The third kappa shape index (κ3) is 5.17. The molecule has 0 spiro atoms. The molecule has 0 saturated carbocycles. The van der Waals surface area contributed by atoms with Crippen LogP contribution in [0.1, 0.15) is 51.9 Å². The summed E-state index contributed by atoms with van der Waals surface area (Å²) >= 11 is 1.29. The van der Waals surface area contributed by atoms with Crippen molar-refractivity contribution in [3.8, 4) is 0 Å². The highest BCUT2D eigenvalue weighted by Gasteiger charge is 1.96. The smallest absolute Gasteiger partial charge is 0.306 e. The predicted molar refractivity (Wildman–Crippen MR) is 66.6 cm³/mol. The van der Waals surface area contributed by atoms with Gasteiger partial charge in [-0.05, 0) is 6.42 Å². The molecule has 2 nitrogen and oxygen atoms in total. The van der Waals surface area contributed by atoms with Gasteiger partial charge in [0.1, 0.15) is 0 Å². The van der Waals surface area contributed by atoms with Gasteiger partial charge >= 0.3 is 4.87 Å². The Morgan fingerprint density at radius 3 is 2.40 bits per heavy atom. The molecule has 0 aliphatic carbocycles. The van der Waals surface area contributed by atoms with Gasteiger partial charge in [0.15, 0.2) is 0 Å². The first-order valence-electron chi connectivity index (χ1n) is 5.98. The number of hydrogen-bond acceptors (Lipinski definition) is 2. The van der Waals surface area contributed by atoms with Crippen LogP contribution in [0.4, 0.5) is 0 Å². The van der Waals surface area contributed by atoms with Crippen molar-refractivity contribution in [3.63, 3.8) is 0 Å². The van der Waals surface area contributed by atoms with Crippen LogP contribution < -0.4 is 4.87 Å². The molecule has 86 valence electrons. The lowest BCUT2D eigenvalue weighted by Crippen LogP contribution is -2.11. The van der Waals surface area contributed by atoms with Crippen molar-refractivity contribution in [1.29, 1.82) is 0 Å². The molecule has 0 atom stereocenters. The van der Waals surface area contributed by atoms with Crippen molar-refractivity contribution in [2.75, 3.05) is 0 Å². The van der Waals surface area contributed by atoms with E-state index in [1.165, 1.54) is 49.9 Å². The van der Waals surface area contributed by atoms with Crippen LogP contribution in [0.25, 0.3) is 0 Å². The summed E-state index contributed by atoms with van der Waals surface area (Å²) in [5.41, 5.74) is 0. The molecule has 0 saturated heterocycles. The second kappa shape index (κ2) is 7.69. The van der Waals surface area contributed by atoms with Gasteiger partial charge < -0.3 is 4.57 Å². The molecule has 0 N–H and O–H groups in total. The molecular weight excluding hydrogens is 206 g/mol. The van der Waals surface area contributed by atoms with E-state index < -0.39 is 0 Å².